The molecule has 0 heterocycles. The van der Waals surface area contributed by atoms with Crippen LogP contribution in [0.1, 0.15) is 206 Å². The van der Waals surface area contributed by atoms with Crippen LogP contribution in [0.25, 0.3) is 0 Å². The van der Waals surface area contributed by atoms with Gasteiger partial charge in [-0.1, -0.05) is 194 Å². The zero-order chi connectivity index (χ0) is 35.2. The smallest absolute Gasteiger partial charge is 0.335 e. The summed E-state index contributed by atoms with van der Waals surface area (Å²) in [7, 11) is 0. The first-order valence-corrected chi connectivity index (χ1v) is 19.8. The first kappa shape index (κ1) is 47.9. The van der Waals surface area contributed by atoms with E-state index in [0.717, 1.165) is 32.1 Å². The third kappa shape index (κ3) is 39.1. The van der Waals surface area contributed by atoms with Crippen molar-refractivity contribution in [3.8, 4) is 0 Å². The molecule has 5 N–H and O–H groups in total. The summed E-state index contributed by atoms with van der Waals surface area (Å²) in [5, 5.41) is 45.0. The van der Waals surface area contributed by atoms with E-state index in [1.165, 1.54) is 148 Å². The molecule has 0 spiro atoms. The fourth-order valence-electron chi connectivity index (χ4n) is 5.63. The number of carbonyl (C=O) groups excluding carboxylic acids is 1. The number of carboxylic acid groups (broad SMARTS) is 1. The molecule has 0 rings (SSSR count). The summed E-state index contributed by atoms with van der Waals surface area (Å²) in [6.45, 7) is 3.78. The van der Waals surface area contributed by atoms with Gasteiger partial charge in [0.25, 0.3) is 0 Å². The molecule has 0 radical (unpaired) electrons. The molecule has 282 valence electrons. The highest BCUT2D eigenvalue weighted by atomic mass is 16.6. The SMILES string of the molecule is CCCCCCCCCCCCCCCCC(O)C(=O)O.CCCCCCCCCCCCCCCCC(O)C(=O)OCC(O)CO. The molecule has 0 aromatic heterocycles. The lowest BCUT2D eigenvalue weighted by Gasteiger charge is -2.12. The summed E-state index contributed by atoms with van der Waals surface area (Å²) in [6.07, 6.45) is 33.2. The number of aliphatic hydroxyl groups is 4. The second-order valence-corrected chi connectivity index (χ2v) is 13.6. The van der Waals surface area contributed by atoms with Crippen LogP contribution in [-0.4, -0.2) is 69.0 Å². The number of rotatable bonds is 35. The fourth-order valence-corrected chi connectivity index (χ4v) is 5.63. The molecule has 0 aliphatic heterocycles. The quantitative estimate of drug-likeness (QED) is 0.0330. The maximum absolute atomic E-state index is 11.5. The summed E-state index contributed by atoms with van der Waals surface area (Å²) < 4.78 is 4.73. The Morgan fingerprint density at radius 1 is 0.468 bits per heavy atom. The Labute approximate surface area is 289 Å². The molecule has 0 aliphatic rings. The molecule has 0 fully saturated rings. The maximum atomic E-state index is 11.5. The predicted molar refractivity (Wildman–Crippen MR) is 194 cm³/mol. The third-order valence-electron chi connectivity index (χ3n) is 8.85. The van der Waals surface area contributed by atoms with Crippen molar-refractivity contribution in [1.82, 2.24) is 0 Å². The zero-order valence-corrected chi connectivity index (χ0v) is 30.8. The van der Waals surface area contributed by atoms with Crippen molar-refractivity contribution in [3.05, 3.63) is 0 Å². The van der Waals surface area contributed by atoms with Gasteiger partial charge in [0.15, 0.2) is 12.2 Å². The van der Waals surface area contributed by atoms with E-state index in [-0.39, 0.29) is 6.61 Å². The lowest BCUT2D eigenvalue weighted by Crippen LogP contribution is -2.28. The van der Waals surface area contributed by atoms with Crippen LogP contribution < -0.4 is 0 Å². The van der Waals surface area contributed by atoms with E-state index in [0.29, 0.717) is 12.8 Å². The molecule has 3 atom stereocenters. The summed E-state index contributed by atoms with van der Waals surface area (Å²) >= 11 is 0. The van der Waals surface area contributed by atoms with Gasteiger partial charge in [0, 0.05) is 0 Å². The minimum Gasteiger partial charge on any atom is -0.479 e. The summed E-state index contributed by atoms with van der Waals surface area (Å²) in [6, 6.07) is 0. The fraction of sp³-hybridized carbons (Fsp3) is 0.949. The van der Waals surface area contributed by atoms with Gasteiger partial charge in [-0.15, -0.1) is 0 Å². The zero-order valence-electron chi connectivity index (χ0n) is 30.8. The lowest BCUT2D eigenvalue weighted by molar-refractivity contribution is -0.157. The van der Waals surface area contributed by atoms with Gasteiger partial charge < -0.3 is 30.3 Å². The van der Waals surface area contributed by atoms with Crippen molar-refractivity contribution in [2.24, 2.45) is 0 Å². The predicted octanol–water partition coefficient (Wildman–Crippen LogP) is 9.42. The van der Waals surface area contributed by atoms with Gasteiger partial charge in [-0.3, -0.25) is 0 Å². The second kappa shape index (κ2) is 39.2. The molecule has 8 nitrogen and oxygen atoms in total. The molecular formula is C39H78O8. The van der Waals surface area contributed by atoms with Gasteiger partial charge in [-0.25, -0.2) is 9.59 Å². The number of carboxylic acids is 1. The molecule has 0 aromatic rings. The molecule has 0 aromatic carbocycles. The second-order valence-electron chi connectivity index (χ2n) is 13.6. The number of aliphatic hydroxyl groups excluding tert-OH is 4. The molecule has 3 unspecified atom stereocenters. The Morgan fingerprint density at radius 3 is 1.02 bits per heavy atom. The number of ether oxygens (including phenoxy) is 1. The number of esters is 1. The molecule has 0 bridgehead atoms. The van der Waals surface area contributed by atoms with E-state index in [9.17, 15) is 14.7 Å². The molecule has 47 heavy (non-hydrogen) atoms. The van der Waals surface area contributed by atoms with Gasteiger partial charge in [0.2, 0.25) is 0 Å². The van der Waals surface area contributed by atoms with Gasteiger partial charge in [0.05, 0.1) is 6.61 Å². The first-order chi connectivity index (χ1) is 22.8. The van der Waals surface area contributed by atoms with Gasteiger partial charge in [-0.2, -0.15) is 0 Å². The lowest BCUT2D eigenvalue weighted by atomic mass is 10.0. The number of aliphatic carboxylic acids is 1. The highest BCUT2D eigenvalue weighted by Crippen LogP contribution is 2.15. The van der Waals surface area contributed by atoms with E-state index in [2.05, 4.69) is 13.8 Å². The summed E-state index contributed by atoms with van der Waals surface area (Å²) in [5.74, 6) is -1.81. The van der Waals surface area contributed by atoms with Crippen LogP contribution in [0, 0.1) is 0 Å². The average molecular weight is 675 g/mol. The van der Waals surface area contributed by atoms with Crippen LogP contribution in [0.4, 0.5) is 0 Å². The molecule has 0 saturated carbocycles. The van der Waals surface area contributed by atoms with E-state index >= 15 is 0 Å². The molecule has 0 amide bonds. The molecule has 0 saturated heterocycles. The van der Waals surface area contributed by atoms with Crippen LogP contribution >= 0.6 is 0 Å². The van der Waals surface area contributed by atoms with Gasteiger partial charge in [0.1, 0.15) is 12.7 Å². The van der Waals surface area contributed by atoms with Crippen molar-refractivity contribution in [1.29, 1.82) is 0 Å². The summed E-state index contributed by atoms with van der Waals surface area (Å²) in [4.78, 5) is 21.9. The number of hydrogen-bond donors (Lipinski definition) is 5. The van der Waals surface area contributed by atoms with E-state index in [4.69, 9.17) is 25.2 Å². The number of carbonyl (C=O) groups is 2. The maximum Gasteiger partial charge on any atom is 0.335 e. The normalized spacial score (nSPS) is 13.1. The molecule has 8 heteroatoms. The highest BCUT2D eigenvalue weighted by molar-refractivity contribution is 5.74. The Hall–Kier alpha value is -1.22. The Morgan fingerprint density at radius 2 is 0.745 bits per heavy atom. The number of unbranched alkanes of at least 4 members (excludes halogenated alkanes) is 26. The van der Waals surface area contributed by atoms with Crippen molar-refractivity contribution in [2.45, 2.75) is 225 Å². The third-order valence-corrected chi connectivity index (χ3v) is 8.85. The van der Waals surface area contributed by atoms with Crippen LogP contribution in [-0.2, 0) is 14.3 Å². The van der Waals surface area contributed by atoms with Crippen LogP contribution in [0.15, 0.2) is 0 Å². The first-order valence-electron chi connectivity index (χ1n) is 19.8. The van der Waals surface area contributed by atoms with Crippen molar-refractivity contribution in [3.63, 3.8) is 0 Å². The van der Waals surface area contributed by atoms with E-state index in [1.807, 2.05) is 0 Å². The summed E-state index contributed by atoms with van der Waals surface area (Å²) in [5.41, 5.74) is 0. The Kier molecular flexibility index (Phi) is 40.0. The number of hydrogen-bond acceptors (Lipinski definition) is 7. The van der Waals surface area contributed by atoms with Crippen molar-refractivity contribution >= 4 is 11.9 Å². The van der Waals surface area contributed by atoms with Gasteiger partial charge in [-0.05, 0) is 12.8 Å². The Balaban J connectivity index is 0. The standard InChI is InChI=1S/C21H42O5.C18H36O3/c1-2-3-4-5-6-7-8-9-10-11-12-13-14-15-16-20(24)21(25)26-18-19(23)17-22;1-2-3-4-5-6-7-8-9-10-11-12-13-14-15-16-17(19)18(20)21/h19-20,22-24H,2-18H2,1H3;17,19H,2-16H2,1H3,(H,20,21). The van der Waals surface area contributed by atoms with Crippen molar-refractivity contribution < 1.29 is 39.9 Å². The minimum absolute atomic E-state index is 0.273. The highest BCUT2D eigenvalue weighted by Gasteiger charge is 2.17. The average Bonchev–Trinajstić information content (AvgIpc) is 3.07. The van der Waals surface area contributed by atoms with Gasteiger partial charge >= 0.3 is 11.9 Å². The topological polar surface area (TPSA) is 145 Å². The Bertz CT molecular complexity index is 644. The molecular weight excluding hydrogens is 596 g/mol. The minimum atomic E-state index is -1.16. The largest absolute Gasteiger partial charge is 0.479 e. The monoisotopic (exact) mass is 675 g/mol. The van der Waals surface area contributed by atoms with Crippen LogP contribution in [0.3, 0.4) is 0 Å². The van der Waals surface area contributed by atoms with Crippen LogP contribution in [0.5, 0.6) is 0 Å². The van der Waals surface area contributed by atoms with E-state index < -0.39 is 36.9 Å². The van der Waals surface area contributed by atoms with E-state index in [1.54, 1.807) is 0 Å². The van der Waals surface area contributed by atoms with Crippen LogP contribution in [0.2, 0.25) is 0 Å². The molecule has 0 aliphatic carbocycles. The van der Waals surface area contributed by atoms with Crippen molar-refractivity contribution in [2.75, 3.05) is 13.2 Å².